The number of ether oxygens (including phenoxy) is 1. The molecule has 0 aromatic rings. The molecule has 0 saturated heterocycles. The lowest BCUT2D eigenvalue weighted by Crippen LogP contribution is -2.25. The van der Waals surface area contributed by atoms with Gasteiger partial charge in [0.05, 0.1) is 6.61 Å². The third kappa shape index (κ3) is 4.05. The molecule has 0 saturated carbocycles. The molecule has 0 aliphatic carbocycles. The Kier molecular flexibility index (Phi) is 4.95. The van der Waals surface area contributed by atoms with Gasteiger partial charge in [-0.3, -0.25) is 0 Å². The van der Waals surface area contributed by atoms with Gasteiger partial charge in [0.1, 0.15) is 0 Å². The van der Waals surface area contributed by atoms with Gasteiger partial charge in [-0.25, -0.2) is 0 Å². The average molecular weight is 119 g/mol. The van der Waals surface area contributed by atoms with Gasteiger partial charge in [0.15, 0.2) is 0 Å². The van der Waals surface area contributed by atoms with E-state index in [4.69, 9.17) is 15.6 Å². The molecule has 0 heterocycles. The van der Waals surface area contributed by atoms with Crippen molar-refractivity contribution in [3.8, 4) is 0 Å². The van der Waals surface area contributed by atoms with Crippen LogP contribution < -0.4 is 5.73 Å². The Morgan fingerprint density at radius 3 is 2.75 bits per heavy atom. The van der Waals surface area contributed by atoms with Crippen molar-refractivity contribution in [3.05, 3.63) is 0 Å². The van der Waals surface area contributed by atoms with Gasteiger partial charge in [-0.2, -0.15) is 0 Å². The first-order valence-corrected chi connectivity index (χ1v) is 2.66. The lowest BCUT2D eigenvalue weighted by atomic mass is 10.2. The number of hydrogen-bond donors (Lipinski definition) is 2. The van der Waals surface area contributed by atoms with E-state index in [9.17, 15) is 0 Å². The Morgan fingerprint density at radius 1 is 1.75 bits per heavy atom. The zero-order valence-electron chi connectivity index (χ0n) is 5.13. The van der Waals surface area contributed by atoms with Gasteiger partial charge in [0.2, 0.25) is 0 Å². The lowest BCUT2D eigenvalue weighted by Gasteiger charge is -2.04. The van der Waals surface area contributed by atoms with Gasteiger partial charge in [-0.05, 0) is 6.42 Å². The van der Waals surface area contributed by atoms with E-state index in [1.54, 1.807) is 7.11 Å². The third-order valence-electron chi connectivity index (χ3n) is 0.927. The zero-order valence-corrected chi connectivity index (χ0v) is 5.13. The van der Waals surface area contributed by atoms with Crippen LogP contribution in [0.2, 0.25) is 0 Å². The molecule has 3 nitrogen and oxygen atoms in total. The Morgan fingerprint density at radius 2 is 2.38 bits per heavy atom. The standard InChI is InChI=1S/C5H13NO2/c1-8-3-2-5(6)4-7/h5,7H,2-4,6H2,1H3/t5-/m1/s1. The normalized spacial score (nSPS) is 13.9. The molecule has 0 fully saturated rings. The Bertz CT molecular complexity index is 49.7. The zero-order chi connectivity index (χ0) is 6.41. The van der Waals surface area contributed by atoms with E-state index in [1.165, 1.54) is 0 Å². The molecule has 8 heavy (non-hydrogen) atoms. The van der Waals surface area contributed by atoms with Crippen molar-refractivity contribution < 1.29 is 9.84 Å². The van der Waals surface area contributed by atoms with E-state index >= 15 is 0 Å². The highest BCUT2D eigenvalue weighted by Crippen LogP contribution is 1.84. The minimum absolute atomic E-state index is 0.0450. The molecule has 0 radical (unpaired) electrons. The van der Waals surface area contributed by atoms with E-state index in [2.05, 4.69) is 0 Å². The SMILES string of the molecule is COCC[C@@H](N)CO. The maximum Gasteiger partial charge on any atom is 0.0583 e. The summed E-state index contributed by atoms with van der Waals surface area (Å²) < 4.78 is 4.72. The third-order valence-corrected chi connectivity index (χ3v) is 0.927. The summed E-state index contributed by atoms with van der Waals surface area (Å²) in [6, 6.07) is -0.116. The number of rotatable bonds is 4. The van der Waals surface area contributed by atoms with Crippen molar-refractivity contribution >= 4 is 0 Å². The van der Waals surface area contributed by atoms with Gasteiger partial charge < -0.3 is 15.6 Å². The molecule has 0 aliphatic heterocycles. The first-order valence-electron chi connectivity index (χ1n) is 2.66. The summed E-state index contributed by atoms with van der Waals surface area (Å²) in [4.78, 5) is 0. The summed E-state index contributed by atoms with van der Waals surface area (Å²) in [7, 11) is 1.62. The summed E-state index contributed by atoms with van der Waals surface area (Å²) >= 11 is 0. The maximum absolute atomic E-state index is 8.38. The first-order chi connectivity index (χ1) is 3.81. The molecular formula is C5H13NO2. The Balaban J connectivity index is 2.86. The van der Waals surface area contributed by atoms with E-state index in [1.807, 2.05) is 0 Å². The molecule has 0 amide bonds. The molecule has 0 unspecified atom stereocenters. The van der Waals surface area contributed by atoms with Crippen molar-refractivity contribution in [3.63, 3.8) is 0 Å². The van der Waals surface area contributed by atoms with Crippen molar-refractivity contribution in [2.24, 2.45) is 5.73 Å². The van der Waals surface area contributed by atoms with E-state index in [-0.39, 0.29) is 12.6 Å². The maximum atomic E-state index is 8.38. The average Bonchev–Trinajstić information content (AvgIpc) is 1.83. The largest absolute Gasteiger partial charge is 0.395 e. The van der Waals surface area contributed by atoms with Crippen molar-refractivity contribution in [2.75, 3.05) is 20.3 Å². The minimum Gasteiger partial charge on any atom is -0.395 e. The first kappa shape index (κ1) is 7.88. The second-order valence-electron chi connectivity index (χ2n) is 1.72. The van der Waals surface area contributed by atoms with Crippen molar-refractivity contribution in [1.29, 1.82) is 0 Å². The van der Waals surface area contributed by atoms with Gasteiger partial charge >= 0.3 is 0 Å². The second kappa shape index (κ2) is 5.03. The fourth-order valence-corrected chi connectivity index (χ4v) is 0.361. The van der Waals surface area contributed by atoms with Crippen LogP contribution in [0, 0.1) is 0 Å². The molecule has 0 aliphatic rings. The summed E-state index contributed by atoms with van der Waals surface area (Å²) in [5.41, 5.74) is 5.33. The molecule has 0 spiro atoms. The van der Waals surface area contributed by atoms with Crippen LogP contribution in [-0.4, -0.2) is 31.5 Å². The van der Waals surface area contributed by atoms with Crippen LogP contribution in [0.4, 0.5) is 0 Å². The van der Waals surface area contributed by atoms with Gasteiger partial charge in [-0.15, -0.1) is 0 Å². The molecular weight excluding hydrogens is 106 g/mol. The van der Waals surface area contributed by atoms with E-state index in [0.717, 1.165) is 6.42 Å². The van der Waals surface area contributed by atoms with Gasteiger partial charge in [-0.1, -0.05) is 0 Å². The predicted molar refractivity (Wildman–Crippen MR) is 31.6 cm³/mol. The Labute approximate surface area is 49.4 Å². The minimum atomic E-state index is -0.116. The molecule has 0 rings (SSSR count). The van der Waals surface area contributed by atoms with Crippen LogP contribution >= 0.6 is 0 Å². The molecule has 0 aromatic heterocycles. The van der Waals surface area contributed by atoms with Crippen LogP contribution in [0.15, 0.2) is 0 Å². The van der Waals surface area contributed by atoms with Crippen LogP contribution in [0.1, 0.15) is 6.42 Å². The number of nitrogens with two attached hydrogens (primary N) is 1. The van der Waals surface area contributed by atoms with Gasteiger partial charge in [0.25, 0.3) is 0 Å². The van der Waals surface area contributed by atoms with Crippen molar-refractivity contribution in [2.45, 2.75) is 12.5 Å². The highest BCUT2D eigenvalue weighted by molar-refractivity contribution is 4.56. The molecule has 1 atom stereocenters. The predicted octanol–water partition coefficient (Wildman–Crippen LogP) is -0.658. The number of hydrogen-bond acceptors (Lipinski definition) is 3. The Hall–Kier alpha value is -0.120. The monoisotopic (exact) mass is 119 g/mol. The smallest absolute Gasteiger partial charge is 0.0583 e. The fraction of sp³-hybridized carbons (Fsp3) is 1.00. The molecule has 50 valence electrons. The highest BCUT2D eigenvalue weighted by atomic mass is 16.5. The van der Waals surface area contributed by atoms with E-state index in [0.29, 0.717) is 6.61 Å². The van der Waals surface area contributed by atoms with Crippen LogP contribution in [0.25, 0.3) is 0 Å². The molecule has 0 bridgehead atoms. The summed E-state index contributed by atoms with van der Waals surface area (Å²) in [5.74, 6) is 0. The van der Waals surface area contributed by atoms with Crippen LogP contribution in [0.3, 0.4) is 0 Å². The van der Waals surface area contributed by atoms with Gasteiger partial charge in [0, 0.05) is 19.8 Å². The highest BCUT2D eigenvalue weighted by Gasteiger charge is 1.96. The molecule has 0 aromatic carbocycles. The number of aliphatic hydroxyl groups excluding tert-OH is 1. The summed E-state index contributed by atoms with van der Waals surface area (Å²) in [5, 5.41) is 8.38. The van der Waals surface area contributed by atoms with Crippen LogP contribution in [0.5, 0.6) is 0 Å². The number of aliphatic hydroxyl groups is 1. The van der Waals surface area contributed by atoms with Crippen LogP contribution in [-0.2, 0) is 4.74 Å². The topological polar surface area (TPSA) is 55.5 Å². The fourth-order valence-electron chi connectivity index (χ4n) is 0.361. The summed E-state index contributed by atoms with van der Waals surface area (Å²) in [6.07, 6.45) is 0.729. The second-order valence-corrected chi connectivity index (χ2v) is 1.72. The summed E-state index contributed by atoms with van der Waals surface area (Å²) in [6.45, 7) is 0.672. The number of methoxy groups -OCH3 is 1. The van der Waals surface area contributed by atoms with Crippen molar-refractivity contribution in [1.82, 2.24) is 0 Å². The van der Waals surface area contributed by atoms with E-state index < -0.39 is 0 Å². The molecule has 3 N–H and O–H groups in total. The lowest BCUT2D eigenvalue weighted by molar-refractivity contribution is 0.170. The molecule has 3 heteroatoms. The quantitative estimate of drug-likeness (QED) is 0.516.